The van der Waals surface area contributed by atoms with Gasteiger partial charge in [0.25, 0.3) is 0 Å². The molecule has 1 saturated carbocycles. The molecule has 2 aromatic carbocycles. The van der Waals surface area contributed by atoms with E-state index in [4.69, 9.17) is 16.5 Å². The first-order valence-corrected chi connectivity index (χ1v) is 9.24. The molecule has 5 heteroatoms. The summed E-state index contributed by atoms with van der Waals surface area (Å²) in [4.78, 5) is 11.0. The van der Waals surface area contributed by atoms with Gasteiger partial charge in [0.1, 0.15) is 5.66 Å². The summed E-state index contributed by atoms with van der Waals surface area (Å²) in [5, 5.41) is 0. The number of nitrogens with two attached hydrogens (primary N) is 2. The van der Waals surface area contributed by atoms with E-state index in [0.717, 1.165) is 31.4 Å². The monoisotopic (exact) mass is 347 g/mol. The van der Waals surface area contributed by atoms with Crippen molar-refractivity contribution in [3.63, 3.8) is 0 Å². The highest BCUT2D eigenvalue weighted by atomic mass is 15.4. The zero-order chi connectivity index (χ0) is 18.1. The highest BCUT2D eigenvalue weighted by Crippen LogP contribution is 2.39. The number of aryl methyl sites for hydroxylation is 1. The van der Waals surface area contributed by atoms with Crippen LogP contribution in [0.4, 0.5) is 5.69 Å². The summed E-state index contributed by atoms with van der Waals surface area (Å²) in [6, 6.07) is 17.0. The Kier molecular flexibility index (Phi) is 4.15. The lowest BCUT2D eigenvalue weighted by Crippen LogP contribution is -2.58. The summed E-state index contributed by atoms with van der Waals surface area (Å²) in [5.74, 6) is 0.722. The molecular formula is C21H25N5. The average molecular weight is 347 g/mol. The van der Waals surface area contributed by atoms with E-state index < -0.39 is 0 Å². The van der Waals surface area contributed by atoms with Crippen molar-refractivity contribution in [2.24, 2.45) is 21.5 Å². The normalized spacial score (nSPS) is 19.2. The second-order valence-corrected chi connectivity index (χ2v) is 7.23. The predicted octanol–water partition coefficient (Wildman–Crippen LogP) is 3.77. The number of hydrogen-bond acceptors (Lipinski definition) is 5. The first-order chi connectivity index (χ1) is 12.6. The van der Waals surface area contributed by atoms with Crippen molar-refractivity contribution >= 4 is 17.6 Å². The smallest absolute Gasteiger partial charge is 0.220 e. The van der Waals surface area contributed by atoms with Gasteiger partial charge in [0.2, 0.25) is 11.9 Å². The van der Waals surface area contributed by atoms with Crippen LogP contribution in [0.1, 0.15) is 37.7 Å². The van der Waals surface area contributed by atoms with Crippen LogP contribution in [0.15, 0.2) is 58.5 Å². The van der Waals surface area contributed by atoms with Crippen LogP contribution < -0.4 is 16.4 Å². The van der Waals surface area contributed by atoms with Crippen LogP contribution >= 0.6 is 0 Å². The average Bonchev–Trinajstić information content (AvgIpc) is 2.62. The van der Waals surface area contributed by atoms with Crippen molar-refractivity contribution in [2.75, 3.05) is 4.90 Å². The summed E-state index contributed by atoms with van der Waals surface area (Å²) >= 11 is 0. The first kappa shape index (κ1) is 16.6. The third-order valence-corrected chi connectivity index (χ3v) is 5.33. The van der Waals surface area contributed by atoms with E-state index in [2.05, 4.69) is 65.3 Å². The number of hydrogen-bond donors (Lipinski definition) is 2. The Hall–Kier alpha value is -2.82. The Bertz CT molecular complexity index is 860. The molecule has 0 radical (unpaired) electrons. The summed E-state index contributed by atoms with van der Waals surface area (Å²) in [7, 11) is 0. The van der Waals surface area contributed by atoms with Gasteiger partial charge < -0.3 is 11.5 Å². The van der Waals surface area contributed by atoms with Crippen LogP contribution in [0.5, 0.6) is 0 Å². The zero-order valence-electron chi connectivity index (χ0n) is 15.2. The molecule has 1 fully saturated rings. The van der Waals surface area contributed by atoms with Gasteiger partial charge in [-0.3, -0.25) is 4.90 Å². The molecule has 0 aromatic heterocycles. The van der Waals surface area contributed by atoms with Gasteiger partial charge in [-0.25, -0.2) is 4.99 Å². The maximum absolute atomic E-state index is 6.29. The maximum atomic E-state index is 6.29. The van der Waals surface area contributed by atoms with Crippen LogP contribution in [-0.4, -0.2) is 17.6 Å². The Morgan fingerprint density at radius 1 is 0.923 bits per heavy atom. The number of anilines is 1. The standard InChI is InChI=1S/C21H25N5/c1-15-6-5-7-17(14-15)16-8-10-18(11-9-16)26-20(23)24-19(22)25-21(26)12-3-2-4-13-21/h5-11,14H,2-4,12-13H2,1H3,(H4,22,23,24,25). The number of aliphatic imine (C=N–C) groups is 2. The molecule has 2 aromatic rings. The molecule has 5 nitrogen and oxygen atoms in total. The molecule has 2 aliphatic rings. The molecule has 26 heavy (non-hydrogen) atoms. The highest BCUT2D eigenvalue weighted by Gasteiger charge is 2.42. The van der Waals surface area contributed by atoms with Crippen LogP contribution in [0.25, 0.3) is 11.1 Å². The van der Waals surface area contributed by atoms with E-state index in [1.54, 1.807) is 0 Å². The topological polar surface area (TPSA) is 80.0 Å². The van der Waals surface area contributed by atoms with E-state index in [0.29, 0.717) is 5.96 Å². The van der Waals surface area contributed by atoms with Gasteiger partial charge in [-0.2, -0.15) is 4.99 Å². The molecule has 1 aliphatic carbocycles. The summed E-state index contributed by atoms with van der Waals surface area (Å²) < 4.78 is 0. The van der Waals surface area contributed by atoms with Gasteiger partial charge in [0, 0.05) is 5.69 Å². The molecular weight excluding hydrogens is 322 g/mol. The predicted molar refractivity (Wildman–Crippen MR) is 108 cm³/mol. The minimum atomic E-state index is -0.390. The van der Waals surface area contributed by atoms with Crippen molar-refractivity contribution in [2.45, 2.75) is 44.7 Å². The third-order valence-electron chi connectivity index (χ3n) is 5.33. The summed E-state index contributed by atoms with van der Waals surface area (Å²) in [5.41, 5.74) is 16.5. The molecule has 0 amide bonds. The van der Waals surface area contributed by atoms with Gasteiger partial charge in [0.05, 0.1) is 0 Å². The van der Waals surface area contributed by atoms with E-state index in [-0.39, 0.29) is 11.6 Å². The zero-order valence-corrected chi connectivity index (χ0v) is 15.2. The van der Waals surface area contributed by atoms with Crippen molar-refractivity contribution in [1.82, 2.24) is 0 Å². The molecule has 134 valence electrons. The quantitative estimate of drug-likeness (QED) is 0.868. The molecule has 4 rings (SSSR count). The van der Waals surface area contributed by atoms with Gasteiger partial charge >= 0.3 is 0 Å². The minimum absolute atomic E-state index is 0.289. The number of nitrogens with zero attached hydrogens (tertiary/aromatic N) is 3. The van der Waals surface area contributed by atoms with Crippen LogP contribution in [0, 0.1) is 6.92 Å². The molecule has 1 aliphatic heterocycles. The Morgan fingerprint density at radius 2 is 1.65 bits per heavy atom. The molecule has 0 unspecified atom stereocenters. The van der Waals surface area contributed by atoms with E-state index in [9.17, 15) is 0 Å². The van der Waals surface area contributed by atoms with Gasteiger partial charge in [-0.1, -0.05) is 48.4 Å². The highest BCUT2D eigenvalue weighted by molar-refractivity contribution is 6.05. The molecule has 0 bridgehead atoms. The molecule has 4 N–H and O–H groups in total. The minimum Gasteiger partial charge on any atom is -0.369 e. The Morgan fingerprint density at radius 3 is 2.35 bits per heavy atom. The van der Waals surface area contributed by atoms with Gasteiger partial charge in [-0.15, -0.1) is 0 Å². The number of rotatable bonds is 2. The lowest BCUT2D eigenvalue weighted by Gasteiger charge is -2.45. The van der Waals surface area contributed by atoms with Gasteiger partial charge in [0.15, 0.2) is 0 Å². The fourth-order valence-electron chi connectivity index (χ4n) is 4.12. The molecule has 1 spiro atoms. The molecule has 0 saturated heterocycles. The van der Waals surface area contributed by atoms with Crippen LogP contribution in [-0.2, 0) is 0 Å². The lowest BCUT2D eigenvalue weighted by atomic mass is 9.87. The third kappa shape index (κ3) is 2.94. The van der Waals surface area contributed by atoms with Crippen molar-refractivity contribution < 1.29 is 0 Å². The fourth-order valence-corrected chi connectivity index (χ4v) is 4.12. The second kappa shape index (κ2) is 6.48. The van der Waals surface area contributed by atoms with Crippen molar-refractivity contribution in [1.29, 1.82) is 0 Å². The van der Waals surface area contributed by atoms with E-state index in [1.165, 1.54) is 23.1 Å². The second-order valence-electron chi connectivity index (χ2n) is 7.23. The van der Waals surface area contributed by atoms with E-state index in [1.807, 2.05) is 0 Å². The molecule has 0 atom stereocenters. The Labute approximate surface area is 154 Å². The maximum Gasteiger partial charge on any atom is 0.220 e. The Balaban J connectivity index is 1.70. The van der Waals surface area contributed by atoms with Crippen LogP contribution in [0.2, 0.25) is 0 Å². The summed E-state index contributed by atoms with van der Waals surface area (Å²) in [6.45, 7) is 2.11. The first-order valence-electron chi connectivity index (χ1n) is 9.24. The number of benzene rings is 2. The van der Waals surface area contributed by atoms with E-state index >= 15 is 0 Å². The fraction of sp³-hybridized carbons (Fsp3) is 0.333. The molecule has 1 heterocycles. The van der Waals surface area contributed by atoms with Crippen molar-refractivity contribution in [3.8, 4) is 11.1 Å². The summed E-state index contributed by atoms with van der Waals surface area (Å²) in [6.07, 6.45) is 5.38. The SMILES string of the molecule is Cc1cccc(-c2ccc(N3C(N)=NC(N)=NC34CCCCC4)cc2)c1. The lowest BCUT2D eigenvalue weighted by molar-refractivity contribution is 0.305. The number of guanidine groups is 2. The van der Waals surface area contributed by atoms with Crippen LogP contribution in [0.3, 0.4) is 0 Å². The largest absolute Gasteiger partial charge is 0.369 e. The van der Waals surface area contributed by atoms with Crippen molar-refractivity contribution in [3.05, 3.63) is 54.1 Å². The van der Waals surface area contributed by atoms with Gasteiger partial charge in [-0.05, 0) is 55.9 Å².